The number of esters is 1. The van der Waals surface area contributed by atoms with Crippen LogP contribution in [-0.4, -0.2) is 21.8 Å². The lowest BCUT2D eigenvalue weighted by Crippen LogP contribution is -2.08. The molecule has 4 nitrogen and oxygen atoms in total. The molecular formula is C13H16O4S. The zero-order valence-electron chi connectivity index (χ0n) is 10.4. The van der Waals surface area contributed by atoms with Gasteiger partial charge in [0.2, 0.25) is 0 Å². The molecule has 0 heterocycles. The maximum Gasteiger partial charge on any atom is 0.338 e. The number of rotatable bonds is 4. The summed E-state index contributed by atoms with van der Waals surface area (Å²) in [6.45, 7) is 1.86. The van der Waals surface area contributed by atoms with Crippen molar-refractivity contribution in [3.63, 3.8) is 0 Å². The van der Waals surface area contributed by atoms with E-state index in [0.29, 0.717) is 11.5 Å². The van der Waals surface area contributed by atoms with Gasteiger partial charge in [0, 0.05) is 0 Å². The number of methoxy groups -OCH3 is 1. The maximum atomic E-state index is 11.6. The molecule has 5 heteroatoms. The van der Waals surface area contributed by atoms with Gasteiger partial charge in [0.1, 0.15) is 0 Å². The Hall–Kier alpha value is -1.20. The summed E-state index contributed by atoms with van der Waals surface area (Å²) < 4.78 is 24.8. The average molecular weight is 268 g/mol. The van der Waals surface area contributed by atoms with Gasteiger partial charge in [0.05, 0.1) is 18.4 Å². The second-order valence-corrected chi connectivity index (χ2v) is 5.53. The van der Waals surface area contributed by atoms with Crippen LogP contribution in [0.2, 0.25) is 0 Å². The van der Waals surface area contributed by atoms with Crippen LogP contribution in [0.15, 0.2) is 12.1 Å². The number of hydrogen-bond donors (Lipinski definition) is 1. The van der Waals surface area contributed by atoms with Crippen LogP contribution in [0, 0.1) is 6.92 Å². The molecule has 0 aromatic heterocycles. The molecular weight excluding hydrogens is 252 g/mol. The van der Waals surface area contributed by atoms with Crippen molar-refractivity contribution in [2.45, 2.75) is 31.4 Å². The molecule has 0 amide bonds. The lowest BCUT2D eigenvalue weighted by atomic mass is 9.97. The van der Waals surface area contributed by atoms with Gasteiger partial charge in [-0.05, 0) is 48.4 Å². The summed E-state index contributed by atoms with van der Waals surface area (Å²) in [5.74, 6) is 0.143. The minimum Gasteiger partial charge on any atom is -0.465 e. The number of carbonyl (C=O) groups excluding carboxylic acids is 1. The van der Waals surface area contributed by atoms with Gasteiger partial charge < -0.3 is 9.29 Å². The maximum absolute atomic E-state index is 11.6. The van der Waals surface area contributed by atoms with Crippen LogP contribution in [0.4, 0.5) is 0 Å². The molecule has 1 aliphatic carbocycles. The molecule has 2 rings (SSSR count). The van der Waals surface area contributed by atoms with Crippen molar-refractivity contribution in [1.82, 2.24) is 0 Å². The number of benzene rings is 1. The summed E-state index contributed by atoms with van der Waals surface area (Å²) >= 11 is -1.90. The predicted molar refractivity (Wildman–Crippen MR) is 69.0 cm³/mol. The molecule has 0 bridgehead atoms. The number of hydrogen-bond acceptors (Lipinski definition) is 3. The lowest BCUT2D eigenvalue weighted by molar-refractivity contribution is 0.0599. The first-order valence-corrected chi connectivity index (χ1v) is 7.09. The molecule has 1 atom stereocenters. The molecule has 0 aliphatic heterocycles. The van der Waals surface area contributed by atoms with E-state index in [0.717, 1.165) is 29.5 Å². The van der Waals surface area contributed by atoms with E-state index in [2.05, 4.69) is 0 Å². The Morgan fingerprint density at radius 1 is 1.50 bits per heavy atom. The van der Waals surface area contributed by atoms with Gasteiger partial charge in [0.25, 0.3) is 0 Å². The third-order valence-electron chi connectivity index (χ3n) is 3.19. The van der Waals surface area contributed by atoms with Gasteiger partial charge >= 0.3 is 5.97 Å². The molecule has 1 N–H and O–H groups in total. The Morgan fingerprint density at radius 3 is 2.67 bits per heavy atom. The van der Waals surface area contributed by atoms with E-state index in [1.807, 2.05) is 13.0 Å². The molecule has 1 fully saturated rings. The van der Waals surface area contributed by atoms with Crippen LogP contribution in [0.3, 0.4) is 0 Å². The minimum absolute atomic E-state index is 0.0656. The van der Waals surface area contributed by atoms with E-state index in [1.54, 1.807) is 6.07 Å². The molecule has 1 aromatic rings. The van der Waals surface area contributed by atoms with E-state index >= 15 is 0 Å². The quantitative estimate of drug-likeness (QED) is 0.672. The van der Waals surface area contributed by atoms with Crippen molar-refractivity contribution in [2.24, 2.45) is 0 Å². The van der Waals surface area contributed by atoms with Crippen LogP contribution in [0.25, 0.3) is 0 Å². The highest BCUT2D eigenvalue weighted by atomic mass is 32.2. The Morgan fingerprint density at radius 2 is 2.17 bits per heavy atom. The van der Waals surface area contributed by atoms with E-state index in [1.165, 1.54) is 7.11 Å². The van der Waals surface area contributed by atoms with Gasteiger partial charge in [-0.2, -0.15) is 0 Å². The lowest BCUT2D eigenvalue weighted by Gasteiger charge is -2.12. The van der Waals surface area contributed by atoms with Gasteiger partial charge in [-0.25, -0.2) is 9.00 Å². The van der Waals surface area contributed by atoms with E-state index in [-0.39, 0.29) is 5.75 Å². The second-order valence-electron chi connectivity index (χ2n) is 4.60. The van der Waals surface area contributed by atoms with Crippen molar-refractivity contribution in [3.05, 3.63) is 34.4 Å². The fourth-order valence-electron chi connectivity index (χ4n) is 2.14. The van der Waals surface area contributed by atoms with Crippen LogP contribution in [-0.2, 0) is 21.6 Å². The van der Waals surface area contributed by atoms with Gasteiger partial charge in [-0.3, -0.25) is 0 Å². The van der Waals surface area contributed by atoms with Crippen molar-refractivity contribution in [1.29, 1.82) is 0 Å². The largest absolute Gasteiger partial charge is 0.465 e. The highest BCUT2D eigenvalue weighted by Gasteiger charge is 2.28. The molecule has 1 aliphatic rings. The third kappa shape index (κ3) is 2.79. The molecule has 0 radical (unpaired) electrons. The van der Waals surface area contributed by atoms with Gasteiger partial charge in [-0.1, -0.05) is 6.07 Å². The zero-order chi connectivity index (χ0) is 13.3. The van der Waals surface area contributed by atoms with Crippen LogP contribution < -0.4 is 0 Å². The smallest absolute Gasteiger partial charge is 0.338 e. The minimum atomic E-state index is -1.90. The average Bonchev–Trinajstić information content (AvgIpc) is 3.13. The van der Waals surface area contributed by atoms with Crippen LogP contribution in [0.5, 0.6) is 0 Å². The SMILES string of the molecule is COC(=O)c1cc(CS(=O)O)c(C2CC2)cc1C. The number of ether oxygens (including phenoxy) is 1. The fraction of sp³-hybridized carbons (Fsp3) is 0.462. The summed E-state index contributed by atoms with van der Waals surface area (Å²) in [5.41, 5.74) is 3.21. The summed E-state index contributed by atoms with van der Waals surface area (Å²) in [6, 6.07) is 3.65. The van der Waals surface area contributed by atoms with Gasteiger partial charge in [-0.15, -0.1) is 0 Å². The van der Waals surface area contributed by atoms with E-state index in [9.17, 15) is 9.00 Å². The standard InChI is InChI=1S/C13H16O4S/c1-8-5-12(9-3-4-9)10(7-18(15)16)6-11(8)13(14)17-2/h5-6,9H,3-4,7H2,1-2H3,(H,15,16). The first-order valence-electron chi connectivity index (χ1n) is 5.82. The Labute approximate surface area is 109 Å². The fourth-order valence-corrected chi connectivity index (χ4v) is 2.65. The van der Waals surface area contributed by atoms with E-state index in [4.69, 9.17) is 9.29 Å². The third-order valence-corrected chi connectivity index (χ3v) is 3.75. The Balaban J connectivity index is 2.45. The molecule has 98 valence electrons. The van der Waals surface area contributed by atoms with Crippen molar-refractivity contribution < 1.29 is 18.3 Å². The Kier molecular flexibility index (Phi) is 3.82. The summed E-state index contributed by atoms with van der Waals surface area (Å²) in [6.07, 6.45) is 2.23. The monoisotopic (exact) mass is 268 g/mol. The van der Waals surface area contributed by atoms with Crippen LogP contribution in [0.1, 0.15) is 45.8 Å². The van der Waals surface area contributed by atoms with Crippen molar-refractivity contribution in [2.75, 3.05) is 7.11 Å². The highest BCUT2D eigenvalue weighted by molar-refractivity contribution is 7.78. The molecule has 1 aromatic carbocycles. The normalized spacial score (nSPS) is 16.4. The van der Waals surface area contributed by atoms with Crippen molar-refractivity contribution >= 4 is 17.0 Å². The number of carbonyl (C=O) groups is 1. The molecule has 1 saturated carbocycles. The zero-order valence-corrected chi connectivity index (χ0v) is 11.3. The molecule has 0 spiro atoms. The number of aryl methyl sites for hydroxylation is 1. The van der Waals surface area contributed by atoms with E-state index < -0.39 is 17.0 Å². The summed E-state index contributed by atoms with van der Waals surface area (Å²) in [7, 11) is 1.33. The first-order chi connectivity index (χ1) is 8.52. The molecule has 0 saturated heterocycles. The van der Waals surface area contributed by atoms with Crippen molar-refractivity contribution in [3.8, 4) is 0 Å². The predicted octanol–water partition coefficient (Wildman–Crippen LogP) is 2.38. The molecule has 18 heavy (non-hydrogen) atoms. The Bertz CT molecular complexity index is 506. The second kappa shape index (κ2) is 5.20. The topological polar surface area (TPSA) is 63.6 Å². The van der Waals surface area contributed by atoms with Gasteiger partial charge in [0.15, 0.2) is 11.1 Å². The summed E-state index contributed by atoms with van der Waals surface area (Å²) in [5, 5.41) is 0. The first kappa shape index (κ1) is 13.2. The highest BCUT2D eigenvalue weighted by Crippen LogP contribution is 2.42. The summed E-state index contributed by atoms with van der Waals surface area (Å²) in [4.78, 5) is 11.6. The molecule has 1 unspecified atom stereocenters. The van der Waals surface area contributed by atoms with Crippen LogP contribution >= 0.6 is 0 Å².